The fraction of sp³-hybridized carbons (Fsp3) is 0.786. The summed E-state index contributed by atoms with van der Waals surface area (Å²) in [4.78, 5) is 2.42. The molecule has 108 valence electrons. The lowest BCUT2D eigenvalue weighted by Gasteiger charge is -2.27. The molecule has 1 aliphatic heterocycles. The molecule has 4 nitrogen and oxygen atoms in total. The van der Waals surface area contributed by atoms with Crippen LogP contribution < -0.4 is 5.32 Å². The van der Waals surface area contributed by atoms with Gasteiger partial charge in [-0.25, -0.2) is 0 Å². The van der Waals surface area contributed by atoms with Crippen LogP contribution in [0.25, 0.3) is 0 Å². The Kier molecular flexibility index (Phi) is 5.42. The van der Waals surface area contributed by atoms with Gasteiger partial charge in [0.2, 0.25) is 0 Å². The molecule has 1 aliphatic rings. The smallest absolute Gasteiger partial charge is 0.0739 e. The number of nitrogens with one attached hydrogen (secondary N) is 1. The molecule has 19 heavy (non-hydrogen) atoms. The molecule has 0 bridgehead atoms. The van der Waals surface area contributed by atoms with Crippen LogP contribution in [-0.4, -0.2) is 41.4 Å². The van der Waals surface area contributed by atoms with Crippen molar-refractivity contribution in [3.63, 3.8) is 0 Å². The lowest BCUT2D eigenvalue weighted by molar-refractivity contribution is 0.232. The third-order valence-corrected chi connectivity index (χ3v) is 4.87. The van der Waals surface area contributed by atoms with Crippen LogP contribution in [0.1, 0.15) is 31.2 Å². The maximum atomic E-state index is 4.56. The Morgan fingerprint density at radius 2 is 2.32 bits per heavy atom. The largest absolute Gasteiger partial charge is 0.316 e. The van der Waals surface area contributed by atoms with Gasteiger partial charge in [-0.2, -0.15) is 5.10 Å². The van der Waals surface area contributed by atoms with Gasteiger partial charge in [-0.05, 0) is 68.7 Å². The quantitative estimate of drug-likeness (QED) is 0.901. The number of rotatable bonds is 5. The van der Waals surface area contributed by atoms with Gasteiger partial charge in [0, 0.05) is 19.6 Å². The molecular weight excluding hydrogens is 304 g/mol. The standard InChI is InChI=1S/C14H25BrN4/c1-4-19-13(14(15)11(2)17-19)10-18(3)9-12-6-5-7-16-8-12/h12,16H,4-10H2,1-3H3. The highest BCUT2D eigenvalue weighted by Crippen LogP contribution is 2.23. The van der Waals surface area contributed by atoms with E-state index in [2.05, 4.69) is 56.8 Å². The fourth-order valence-electron chi connectivity index (χ4n) is 2.86. The Balaban J connectivity index is 1.96. The predicted octanol–water partition coefficient (Wildman–Crippen LogP) is 2.41. The van der Waals surface area contributed by atoms with Gasteiger partial charge in [-0.3, -0.25) is 4.68 Å². The van der Waals surface area contributed by atoms with Crippen molar-refractivity contribution in [1.29, 1.82) is 0 Å². The van der Waals surface area contributed by atoms with Gasteiger partial charge in [0.1, 0.15) is 0 Å². The lowest BCUT2D eigenvalue weighted by atomic mass is 9.99. The highest BCUT2D eigenvalue weighted by atomic mass is 79.9. The van der Waals surface area contributed by atoms with Crippen LogP contribution in [0.2, 0.25) is 0 Å². The Bertz CT molecular complexity index is 410. The highest BCUT2D eigenvalue weighted by Gasteiger charge is 2.18. The second kappa shape index (κ2) is 6.86. The Morgan fingerprint density at radius 1 is 1.53 bits per heavy atom. The van der Waals surface area contributed by atoms with Gasteiger partial charge in [-0.15, -0.1) is 0 Å². The van der Waals surface area contributed by atoms with Gasteiger partial charge in [0.25, 0.3) is 0 Å². The van der Waals surface area contributed by atoms with E-state index < -0.39 is 0 Å². The van der Waals surface area contributed by atoms with Crippen molar-refractivity contribution in [2.75, 3.05) is 26.7 Å². The molecule has 0 aromatic carbocycles. The molecule has 1 atom stereocenters. The number of hydrogen-bond donors (Lipinski definition) is 1. The van der Waals surface area contributed by atoms with E-state index in [0.717, 1.165) is 37.8 Å². The zero-order valence-corrected chi connectivity index (χ0v) is 13.8. The molecule has 1 saturated heterocycles. The molecule has 0 spiro atoms. The van der Waals surface area contributed by atoms with E-state index in [1.165, 1.54) is 29.6 Å². The molecular formula is C14H25BrN4. The van der Waals surface area contributed by atoms with Crippen molar-refractivity contribution in [3.05, 3.63) is 15.9 Å². The summed E-state index contributed by atoms with van der Waals surface area (Å²) in [6.07, 6.45) is 2.67. The van der Waals surface area contributed by atoms with Gasteiger partial charge >= 0.3 is 0 Å². The van der Waals surface area contributed by atoms with Crippen LogP contribution in [0.3, 0.4) is 0 Å². The van der Waals surface area contributed by atoms with Crippen molar-refractivity contribution in [3.8, 4) is 0 Å². The van der Waals surface area contributed by atoms with Crippen molar-refractivity contribution >= 4 is 15.9 Å². The van der Waals surface area contributed by atoms with Gasteiger partial charge in [-0.1, -0.05) is 0 Å². The van der Waals surface area contributed by atoms with Crippen molar-refractivity contribution < 1.29 is 0 Å². The van der Waals surface area contributed by atoms with Crippen LogP contribution >= 0.6 is 15.9 Å². The number of piperidine rings is 1. The SMILES string of the molecule is CCn1nc(C)c(Br)c1CN(C)CC1CCCNC1. The summed E-state index contributed by atoms with van der Waals surface area (Å²) in [5.41, 5.74) is 2.39. The molecule has 0 saturated carbocycles. The highest BCUT2D eigenvalue weighted by molar-refractivity contribution is 9.10. The number of aryl methyl sites for hydroxylation is 2. The zero-order valence-electron chi connectivity index (χ0n) is 12.2. The molecule has 1 aromatic rings. The first-order valence-electron chi connectivity index (χ1n) is 7.22. The van der Waals surface area contributed by atoms with Crippen LogP contribution in [0.5, 0.6) is 0 Å². The van der Waals surface area contributed by atoms with E-state index in [0.29, 0.717) is 0 Å². The minimum atomic E-state index is 0.789. The topological polar surface area (TPSA) is 33.1 Å². The average molecular weight is 329 g/mol. The first-order valence-corrected chi connectivity index (χ1v) is 8.02. The van der Waals surface area contributed by atoms with E-state index in [9.17, 15) is 0 Å². The van der Waals surface area contributed by atoms with E-state index in [1.807, 2.05) is 0 Å². The molecule has 0 amide bonds. The second-order valence-electron chi connectivity index (χ2n) is 5.57. The normalized spacial score (nSPS) is 20.2. The molecule has 2 rings (SSSR count). The summed E-state index contributed by atoms with van der Waals surface area (Å²) in [7, 11) is 2.21. The average Bonchev–Trinajstić information content (AvgIpc) is 2.67. The number of halogens is 1. The van der Waals surface area contributed by atoms with Gasteiger partial charge in [0.15, 0.2) is 0 Å². The van der Waals surface area contributed by atoms with Crippen molar-refractivity contribution in [2.45, 2.75) is 39.8 Å². The van der Waals surface area contributed by atoms with Crippen molar-refractivity contribution in [1.82, 2.24) is 20.0 Å². The number of hydrogen-bond acceptors (Lipinski definition) is 3. The van der Waals surface area contributed by atoms with E-state index in [4.69, 9.17) is 0 Å². The van der Waals surface area contributed by atoms with Gasteiger partial charge < -0.3 is 10.2 Å². The molecule has 1 aromatic heterocycles. The number of aromatic nitrogens is 2. The predicted molar refractivity (Wildman–Crippen MR) is 82.3 cm³/mol. The maximum Gasteiger partial charge on any atom is 0.0739 e. The molecule has 1 N–H and O–H groups in total. The zero-order chi connectivity index (χ0) is 13.8. The van der Waals surface area contributed by atoms with Crippen molar-refractivity contribution in [2.24, 2.45) is 5.92 Å². The van der Waals surface area contributed by atoms with Crippen LogP contribution in [0, 0.1) is 12.8 Å². The first-order chi connectivity index (χ1) is 9.11. The third kappa shape index (κ3) is 3.80. The van der Waals surface area contributed by atoms with E-state index in [1.54, 1.807) is 0 Å². The van der Waals surface area contributed by atoms with Gasteiger partial charge in [0.05, 0.1) is 15.9 Å². The second-order valence-corrected chi connectivity index (χ2v) is 6.36. The monoisotopic (exact) mass is 328 g/mol. The molecule has 1 unspecified atom stereocenters. The summed E-state index contributed by atoms with van der Waals surface area (Å²) in [5, 5.41) is 8.05. The number of nitrogens with zero attached hydrogens (tertiary/aromatic N) is 3. The van der Waals surface area contributed by atoms with E-state index in [-0.39, 0.29) is 0 Å². The summed E-state index contributed by atoms with van der Waals surface area (Å²) in [6, 6.07) is 0. The Hall–Kier alpha value is -0.390. The maximum absolute atomic E-state index is 4.56. The Labute approximate surface area is 124 Å². The van der Waals surface area contributed by atoms with Crippen LogP contribution in [-0.2, 0) is 13.1 Å². The minimum absolute atomic E-state index is 0.789. The lowest BCUT2D eigenvalue weighted by Crippen LogP contribution is -2.36. The van der Waals surface area contributed by atoms with Crippen LogP contribution in [0.4, 0.5) is 0 Å². The molecule has 0 radical (unpaired) electrons. The summed E-state index contributed by atoms with van der Waals surface area (Å²) >= 11 is 3.67. The Morgan fingerprint density at radius 3 is 2.95 bits per heavy atom. The van der Waals surface area contributed by atoms with Crippen LogP contribution in [0.15, 0.2) is 4.47 Å². The summed E-state index contributed by atoms with van der Waals surface area (Å²) < 4.78 is 3.28. The summed E-state index contributed by atoms with van der Waals surface area (Å²) in [6.45, 7) is 9.61. The summed E-state index contributed by atoms with van der Waals surface area (Å²) in [5.74, 6) is 0.789. The molecule has 1 fully saturated rings. The molecule has 2 heterocycles. The van der Waals surface area contributed by atoms with E-state index >= 15 is 0 Å². The fourth-order valence-corrected chi connectivity index (χ4v) is 3.27. The third-order valence-electron chi connectivity index (χ3n) is 3.84. The first kappa shape index (κ1) is 15.0. The molecule has 5 heteroatoms. The minimum Gasteiger partial charge on any atom is -0.316 e. The molecule has 0 aliphatic carbocycles.